The van der Waals surface area contributed by atoms with Gasteiger partial charge in [-0.2, -0.15) is 0 Å². The standard InChI is InChI=1S/C11H20N2O/c12-7-3-6-10-8-13-11(14-10)9-4-1-2-5-9/h9-10H,1-8,12H2. The molecule has 0 bridgehead atoms. The Morgan fingerprint density at radius 3 is 2.86 bits per heavy atom. The monoisotopic (exact) mass is 196 g/mol. The lowest BCUT2D eigenvalue weighted by Gasteiger charge is -2.13. The van der Waals surface area contributed by atoms with E-state index in [9.17, 15) is 0 Å². The second-order valence-corrected chi connectivity index (χ2v) is 4.33. The van der Waals surface area contributed by atoms with Crippen LogP contribution in [0.3, 0.4) is 0 Å². The quantitative estimate of drug-likeness (QED) is 0.744. The second kappa shape index (κ2) is 4.78. The highest BCUT2D eigenvalue weighted by atomic mass is 16.5. The van der Waals surface area contributed by atoms with E-state index in [1.54, 1.807) is 0 Å². The smallest absolute Gasteiger partial charge is 0.186 e. The highest BCUT2D eigenvalue weighted by molar-refractivity contribution is 5.80. The molecule has 2 rings (SSSR count). The van der Waals surface area contributed by atoms with Crippen LogP contribution < -0.4 is 5.73 Å². The molecule has 1 aliphatic heterocycles. The molecule has 80 valence electrons. The minimum Gasteiger partial charge on any atom is -0.476 e. The molecule has 0 spiro atoms. The van der Waals surface area contributed by atoms with Crippen molar-refractivity contribution in [3.05, 3.63) is 0 Å². The van der Waals surface area contributed by atoms with Crippen molar-refractivity contribution in [2.24, 2.45) is 16.6 Å². The molecule has 1 aliphatic carbocycles. The van der Waals surface area contributed by atoms with Gasteiger partial charge in [-0.15, -0.1) is 0 Å². The largest absolute Gasteiger partial charge is 0.476 e. The van der Waals surface area contributed by atoms with Gasteiger partial charge in [0.2, 0.25) is 0 Å². The highest BCUT2D eigenvalue weighted by Crippen LogP contribution is 2.29. The molecule has 3 nitrogen and oxygen atoms in total. The van der Waals surface area contributed by atoms with Crippen LogP contribution in [0, 0.1) is 5.92 Å². The summed E-state index contributed by atoms with van der Waals surface area (Å²) in [5.74, 6) is 1.68. The van der Waals surface area contributed by atoms with E-state index in [0.717, 1.165) is 31.8 Å². The van der Waals surface area contributed by atoms with Gasteiger partial charge in [0.15, 0.2) is 5.90 Å². The maximum Gasteiger partial charge on any atom is 0.186 e. The molecule has 1 atom stereocenters. The van der Waals surface area contributed by atoms with Crippen LogP contribution >= 0.6 is 0 Å². The van der Waals surface area contributed by atoms with Crippen molar-refractivity contribution in [1.82, 2.24) is 0 Å². The summed E-state index contributed by atoms with van der Waals surface area (Å²) in [4.78, 5) is 4.51. The van der Waals surface area contributed by atoms with Crippen LogP contribution in [0.1, 0.15) is 38.5 Å². The minimum atomic E-state index is 0.328. The first-order valence-electron chi connectivity index (χ1n) is 5.81. The van der Waals surface area contributed by atoms with Gasteiger partial charge in [-0.25, -0.2) is 0 Å². The molecule has 2 aliphatic rings. The van der Waals surface area contributed by atoms with E-state index >= 15 is 0 Å². The Hall–Kier alpha value is -0.570. The maximum absolute atomic E-state index is 5.84. The zero-order valence-corrected chi connectivity index (χ0v) is 8.74. The van der Waals surface area contributed by atoms with Gasteiger partial charge in [0.05, 0.1) is 6.54 Å². The fraction of sp³-hybridized carbons (Fsp3) is 0.909. The number of nitrogens with two attached hydrogens (primary N) is 1. The third-order valence-electron chi connectivity index (χ3n) is 3.17. The maximum atomic E-state index is 5.84. The summed E-state index contributed by atoms with van der Waals surface area (Å²) in [6.07, 6.45) is 7.70. The van der Waals surface area contributed by atoms with Gasteiger partial charge in [-0.1, -0.05) is 12.8 Å². The molecule has 1 unspecified atom stereocenters. The van der Waals surface area contributed by atoms with Gasteiger partial charge >= 0.3 is 0 Å². The van der Waals surface area contributed by atoms with Crippen molar-refractivity contribution in [3.8, 4) is 0 Å². The van der Waals surface area contributed by atoms with Gasteiger partial charge in [0.1, 0.15) is 6.10 Å². The SMILES string of the molecule is NCCCC1CN=C(C2CCCC2)O1. The summed E-state index contributed by atoms with van der Waals surface area (Å²) in [6, 6.07) is 0. The summed E-state index contributed by atoms with van der Waals surface area (Å²) >= 11 is 0. The van der Waals surface area contributed by atoms with E-state index in [-0.39, 0.29) is 0 Å². The summed E-state index contributed by atoms with van der Waals surface area (Å²) in [6.45, 7) is 1.63. The third-order valence-corrected chi connectivity index (χ3v) is 3.17. The van der Waals surface area contributed by atoms with E-state index in [1.807, 2.05) is 0 Å². The molecule has 3 heteroatoms. The van der Waals surface area contributed by atoms with E-state index in [2.05, 4.69) is 4.99 Å². The van der Waals surface area contributed by atoms with E-state index < -0.39 is 0 Å². The lowest BCUT2D eigenvalue weighted by atomic mass is 10.1. The number of nitrogens with zero attached hydrogens (tertiary/aromatic N) is 1. The Balaban J connectivity index is 1.75. The molecule has 0 aromatic carbocycles. The number of hydrogen-bond acceptors (Lipinski definition) is 3. The normalized spacial score (nSPS) is 27.8. The van der Waals surface area contributed by atoms with Crippen LogP contribution in [0.4, 0.5) is 0 Å². The Morgan fingerprint density at radius 1 is 1.36 bits per heavy atom. The predicted molar refractivity (Wildman–Crippen MR) is 57.4 cm³/mol. The fourth-order valence-electron chi connectivity index (χ4n) is 2.33. The summed E-state index contributed by atoms with van der Waals surface area (Å²) < 4.78 is 5.84. The number of ether oxygens (including phenoxy) is 1. The average Bonchev–Trinajstić information content (AvgIpc) is 2.85. The van der Waals surface area contributed by atoms with Gasteiger partial charge in [0, 0.05) is 5.92 Å². The van der Waals surface area contributed by atoms with E-state index in [0.29, 0.717) is 12.0 Å². The van der Waals surface area contributed by atoms with Crippen LogP contribution in [-0.2, 0) is 4.74 Å². The molecule has 1 heterocycles. The molecule has 0 amide bonds. The van der Waals surface area contributed by atoms with Crippen molar-refractivity contribution >= 4 is 5.90 Å². The number of hydrogen-bond donors (Lipinski definition) is 1. The van der Waals surface area contributed by atoms with Crippen LogP contribution in [-0.4, -0.2) is 25.1 Å². The molecule has 0 aromatic rings. The summed E-state index contributed by atoms with van der Waals surface area (Å²) in [5.41, 5.74) is 5.47. The van der Waals surface area contributed by atoms with Crippen molar-refractivity contribution in [2.75, 3.05) is 13.1 Å². The van der Waals surface area contributed by atoms with Crippen molar-refractivity contribution in [1.29, 1.82) is 0 Å². The number of aliphatic imine (C=N–C) groups is 1. The Morgan fingerprint density at radius 2 is 2.14 bits per heavy atom. The highest BCUT2D eigenvalue weighted by Gasteiger charge is 2.28. The molecule has 2 N–H and O–H groups in total. The van der Waals surface area contributed by atoms with Crippen LogP contribution in [0.25, 0.3) is 0 Å². The van der Waals surface area contributed by atoms with Crippen LogP contribution in [0.5, 0.6) is 0 Å². The Bertz CT molecular complexity index is 209. The minimum absolute atomic E-state index is 0.328. The lowest BCUT2D eigenvalue weighted by Crippen LogP contribution is -2.18. The van der Waals surface area contributed by atoms with Crippen LogP contribution in [0.15, 0.2) is 4.99 Å². The Labute approximate surface area is 85.7 Å². The first-order valence-corrected chi connectivity index (χ1v) is 5.81. The zero-order valence-electron chi connectivity index (χ0n) is 8.74. The fourth-order valence-corrected chi connectivity index (χ4v) is 2.33. The molecule has 14 heavy (non-hydrogen) atoms. The zero-order chi connectivity index (χ0) is 9.80. The average molecular weight is 196 g/mol. The molecular weight excluding hydrogens is 176 g/mol. The van der Waals surface area contributed by atoms with Gasteiger partial charge in [0.25, 0.3) is 0 Å². The molecule has 1 saturated carbocycles. The van der Waals surface area contributed by atoms with E-state index in [4.69, 9.17) is 10.5 Å². The first-order chi connectivity index (χ1) is 6.90. The molecule has 0 saturated heterocycles. The van der Waals surface area contributed by atoms with Crippen molar-refractivity contribution in [3.63, 3.8) is 0 Å². The summed E-state index contributed by atoms with van der Waals surface area (Å²) in [7, 11) is 0. The molecular formula is C11H20N2O. The van der Waals surface area contributed by atoms with Crippen LogP contribution in [0.2, 0.25) is 0 Å². The first kappa shape index (κ1) is 9.97. The topological polar surface area (TPSA) is 47.6 Å². The summed E-state index contributed by atoms with van der Waals surface area (Å²) in [5, 5.41) is 0. The van der Waals surface area contributed by atoms with E-state index in [1.165, 1.54) is 25.7 Å². The molecule has 1 fully saturated rings. The van der Waals surface area contributed by atoms with Crippen molar-refractivity contribution < 1.29 is 4.74 Å². The lowest BCUT2D eigenvalue weighted by molar-refractivity contribution is 0.198. The predicted octanol–water partition coefficient (Wildman–Crippen LogP) is 1.71. The second-order valence-electron chi connectivity index (χ2n) is 4.33. The number of rotatable bonds is 4. The van der Waals surface area contributed by atoms with Gasteiger partial charge < -0.3 is 10.5 Å². The van der Waals surface area contributed by atoms with Gasteiger partial charge in [-0.05, 0) is 32.2 Å². The third kappa shape index (κ3) is 2.27. The van der Waals surface area contributed by atoms with Crippen molar-refractivity contribution in [2.45, 2.75) is 44.6 Å². The molecule has 0 radical (unpaired) electrons. The van der Waals surface area contributed by atoms with Gasteiger partial charge in [-0.3, -0.25) is 4.99 Å². The Kier molecular flexibility index (Phi) is 3.40. The molecule has 0 aromatic heterocycles.